The summed E-state index contributed by atoms with van der Waals surface area (Å²) in [7, 11) is -3.56. The summed E-state index contributed by atoms with van der Waals surface area (Å²) in [5.74, 6) is 0.838. The molecule has 0 spiro atoms. The fraction of sp³-hybridized carbons (Fsp3) is 0.529. The number of aryl methyl sites for hydroxylation is 2. The van der Waals surface area contributed by atoms with E-state index in [1.165, 1.54) is 16.1 Å². The minimum Gasteiger partial charge on any atom is -0.339 e. The lowest BCUT2D eigenvalue weighted by Gasteiger charge is -2.35. The number of hydrogen-bond donors (Lipinski definition) is 0. The largest absolute Gasteiger partial charge is 0.339 e. The molecule has 2 fully saturated rings. The Hall–Kier alpha value is -1.58. The van der Waals surface area contributed by atoms with Gasteiger partial charge in [0.25, 0.3) is 0 Å². The number of rotatable bonds is 4. The quantitative estimate of drug-likeness (QED) is 0.746. The third-order valence-corrected chi connectivity index (χ3v) is 7.70. The molecule has 142 valence electrons. The lowest BCUT2D eigenvalue weighted by molar-refractivity contribution is -0.138. The number of piperazine rings is 1. The van der Waals surface area contributed by atoms with E-state index in [1.807, 2.05) is 13.0 Å². The van der Waals surface area contributed by atoms with Crippen LogP contribution in [0.1, 0.15) is 11.1 Å². The van der Waals surface area contributed by atoms with Crippen LogP contribution in [0.3, 0.4) is 0 Å². The molecule has 3 rings (SSSR count). The number of hydrogen-bond acceptors (Lipinski definition) is 5. The zero-order valence-electron chi connectivity index (χ0n) is 15.0. The van der Waals surface area contributed by atoms with Gasteiger partial charge >= 0.3 is 0 Å². The maximum absolute atomic E-state index is 12.9. The van der Waals surface area contributed by atoms with E-state index < -0.39 is 10.0 Å². The number of benzene rings is 1. The predicted octanol–water partition coefficient (Wildman–Crippen LogP) is 0.669. The second kappa shape index (κ2) is 7.58. The third kappa shape index (κ3) is 3.89. The van der Waals surface area contributed by atoms with Crippen molar-refractivity contribution in [1.82, 2.24) is 14.1 Å². The number of nitrogens with zero attached hydrogens (tertiary/aromatic N) is 3. The zero-order chi connectivity index (χ0) is 18.9. The molecule has 1 aromatic rings. The molecular formula is C17H23N3O4S2. The molecule has 7 nitrogen and oxygen atoms in total. The highest BCUT2D eigenvalue weighted by Gasteiger charge is 2.32. The first-order valence-electron chi connectivity index (χ1n) is 8.50. The molecule has 2 aliphatic heterocycles. The minimum absolute atomic E-state index is 0.0144. The standard InChI is InChI=1S/C17H23N3O4S2/c1-13-3-4-15(14(2)9-13)26(23,24)20-7-5-18(6-8-20)16(21)10-19-12-25-11-17(19)22/h3-4,9H,5-8,10-12H2,1-2H3. The highest BCUT2D eigenvalue weighted by atomic mass is 32.2. The van der Waals surface area contributed by atoms with Crippen molar-refractivity contribution in [3.05, 3.63) is 29.3 Å². The monoisotopic (exact) mass is 397 g/mol. The molecule has 2 amide bonds. The van der Waals surface area contributed by atoms with Gasteiger partial charge in [0, 0.05) is 26.2 Å². The second-order valence-electron chi connectivity index (χ2n) is 6.62. The number of carbonyl (C=O) groups excluding carboxylic acids is 2. The SMILES string of the molecule is Cc1ccc(S(=O)(=O)N2CCN(C(=O)CN3CSCC3=O)CC2)c(C)c1. The molecule has 0 aromatic heterocycles. The van der Waals surface area contributed by atoms with E-state index in [2.05, 4.69) is 0 Å². The van der Waals surface area contributed by atoms with Crippen LogP contribution in [0.15, 0.2) is 23.1 Å². The van der Waals surface area contributed by atoms with Gasteiger partial charge < -0.3 is 9.80 Å². The molecule has 0 radical (unpaired) electrons. The van der Waals surface area contributed by atoms with Crippen LogP contribution < -0.4 is 0 Å². The van der Waals surface area contributed by atoms with Crippen molar-refractivity contribution < 1.29 is 18.0 Å². The molecule has 0 bridgehead atoms. The molecule has 0 aliphatic carbocycles. The van der Waals surface area contributed by atoms with E-state index in [1.54, 1.807) is 28.9 Å². The second-order valence-corrected chi connectivity index (χ2v) is 9.48. The van der Waals surface area contributed by atoms with E-state index in [0.717, 1.165) is 11.1 Å². The summed E-state index contributed by atoms with van der Waals surface area (Å²) >= 11 is 1.50. The van der Waals surface area contributed by atoms with Gasteiger partial charge in [0.2, 0.25) is 21.8 Å². The Bertz CT molecular complexity index is 817. The van der Waals surface area contributed by atoms with Crippen LogP contribution in [-0.4, -0.2) is 78.7 Å². The van der Waals surface area contributed by atoms with Crippen LogP contribution in [0.2, 0.25) is 0 Å². The van der Waals surface area contributed by atoms with Crippen LogP contribution in [0, 0.1) is 13.8 Å². The van der Waals surface area contributed by atoms with E-state index in [4.69, 9.17) is 0 Å². The molecule has 9 heteroatoms. The molecule has 2 heterocycles. The Morgan fingerprint density at radius 2 is 1.85 bits per heavy atom. The zero-order valence-corrected chi connectivity index (χ0v) is 16.6. The van der Waals surface area contributed by atoms with Crippen molar-refractivity contribution in [3.8, 4) is 0 Å². The number of carbonyl (C=O) groups is 2. The fourth-order valence-electron chi connectivity index (χ4n) is 3.21. The van der Waals surface area contributed by atoms with Gasteiger partial charge in [-0.05, 0) is 25.5 Å². The summed E-state index contributed by atoms with van der Waals surface area (Å²) in [6, 6.07) is 5.30. The first kappa shape index (κ1) is 19.2. The van der Waals surface area contributed by atoms with Gasteiger partial charge in [0.1, 0.15) is 6.54 Å². The van der Waals surface area contributed by atoms with Gasteiger partial charge in [0.15, 0.2) is 0 Å². The van der Waals surface area contributed by atoms with Crippen molar-refractivity contribution in [2.75, 3.05) is 44.4 Å². The molecule has 0 atom stereocenters. The maximum Gasteiger partial charge on any atom is 0.243 e. The van der Waals surface area contributed by atoms with Crippen molar-refractivity contribution in [3.63, 3.8) is 0 Å². The normalized spacial score (nSPS) is 19.2. The molecular weight excluding hydrogens is 374 g/mol. The van der Waals surface area contributed by atoms with E-state index in [-0.39, 0.29) is 31.4 Å². The molecule has 0 N–H and O–H groups in total. The minimum atomic E-state index is -3.56. The van der Waals surface area contributed by atoms with Crippen molar-refractivity contribution in [2.45, 2.75) is 18.7 Å². The van der Waals surface area contributed by atoms with Crippen LogP contribution >= 0.6 is 11.8 Å². The van der Waals surface area contributed by atoms with Gasteiger partial charge in [-0.3, -0.25) is 9.59 Å². The summed E-state index contributed by atoms with van der Waals surface area (Å²) < 4.78 is 27.2. The van der Waals surface area contributed by atoms with E-state index in [0.29, 0.717) is 29.6 Å². The molecule has 0 saturated carbocycles. The summed E-state index contributed by atoms with van der Waals surface area (Å²) in [5.41, 5.74) is 1.75. The first-order valence-corrected chi connectivity index (χ1v) is 11.1. The van der Waals surface area contributed by atoms with Crippen LogP contribution in [-0.2, 0) is 19.6 Å². The highest BCUT2D eigenvalue weighted by Crippen LogP contribution is 2.22. The predicted molar refractivity (Wildman–Crippen MR) is 100 cm³/mol. The lowest BCUT2D eigenvalue weighted by atomic mass is 10.2. The van der Waals surface area contributed by atoms with E-state index >= 15 is 0 Å². The van der Waals surface area contributed by atoms with Crippen molar-refractivity contribution >= 4 is 33.6 Å². The van der Waals surface area contributed by atoms with Gasteiger partial charge in [0.05, 0.1) is 16.5 Å². The maximum atomic E-state index is 12.9. The number of amides is 2. The van der Waals surface area contributed by atoms with Crippen molar-refractivity contribution in [1.29, 1.82) is 0 Å². The molecule has 26 heavy (non-hydrogen) atoms. The summed E-state index contributed by atoms with van der Waals surface area (Å²) in [6.45, 7) is 5.03. The fourth-order valence-corrected chi connectivity index (χ4v) is 5.74. The Morgan fingerprint density at radius 1 is 1.15 bits per heavy atom. The van der Waals surface area contributed by atoms with Gasteiger partial charge in [-0.1, -0.05) is 17.7 Å². The Balaban J connectivity index is 1.62. The Labute approximate surface area is 158 Å². The highest BCUT2D eigenvalue weighted by molar-refractivity contribution is 8.00. The Morgan fingerprint density at radius 3 is 2.42 bits per heavy atom. The van der Waals surface area contributed by atoms with Crippen molar-refractivity contribution in [2.24, 2.45) is 0 Å². The average Bonchev–Trinajstić information content (AvgIpc) is 2.99. The molecule has 2 aliphatic rings. The third-order valence-electron chi connectivity index (χ3n) is 4.69. The smallest absolute Gasteiger partial charge is 0.243 e. The van der Waals surface area contributed by atoms with Crippen LogP contribution in [0.25, 0.3) is 0 Å². The van der Waals surface area contributed by atoms with E-state index in [9.17, 15) is 18.0 Å². The summed E-state index contributed by atoms with van der Waals surface area (Å²) in [4.78, 5) is 27.5. The first-order chi connectivity index (χ1) is 12.3. The Kier molecular flexibility index (Phi) is 5.59. The van der Waals surface area contributed by atoms with Gasteiger partial charge in [-0.15, -0.1) is 11.8 Å². The molecule has 2 saturated heterocycles. The molecule has 0 unspecified atom stereocenters. The number of thioether (sulfide) groups is 1. The summed E-state index contributed by atoms with van der Waals surface area (Å²) in [6.07, 6.45) is 0. The lowest BCUT2D eigenvalue weighted by Crippen LogP contribution is -2.52. The van der Waals surface area contributed by atoms with Gasteiger partial charge in [-0.25, -0.2) is 8.42 Å². The molecule has 1 aromatic carbocycles. The van der Waals surface area contributed by atoms with Crippen LogP contribution in [0.5, 0.6) is 0 Å². The topological polar surface area (TPSA) is 78.0 Å². The van der Waals surface area contributed by atoms with Gasteiger partial charge in [-0.2, -0.15) is 4.31 Å². The number of sulfonamides is 1. The summed E-state index contributed by atoms with van der Waals surface area (Å²) in [5, 5.41) is 0. The average molecular weight is 398 g/mol. The van der Waals surface area contributed by atoms with Crippen LogP contribution in [0.4, 0.5) is 0 Å².